The van der Waals surface area contributed by atoms with Crippen molar-refractivity contribution in [3.05, 3.63) is 0 Å². The molecule has 2 unspecified atom stereocenters. The van der Waals surface area contributed by atoms with Crippen molar-refractivity contribution in [3.63, 3.8) is 0 Å². The predicted octanol–water partition coefficient (Wildman–Crippen LogP) is 1.06. The molecule has 2 saturated heterocycles. The van der Waals surface area contributed by atoms with Crippen LogP contribution in [0.5, 0.6) is 0 Å². The number of carboxylic acid groups (broad SMARTS) is 1. The topological polar surface area (TPSA) is 78.9 Å². The second-order valence-corrected chi connectivity index (χ2v) is 6.18. The van der Waals surface area contributed by atoms with Gasteiger partial charge in [-0.3, -0.25) is 4.79 Å². The Hall–Kier alpha value is -1.30. The van der Waals surface area contributed by atoms with E-state index >= 15 is 0 Å². The van der Waals surface area contributed by atoms with E-state index in [0.29, 0.717) is 19.6 Å². The van der Waals surface area contributed by atoms with Crippen molar-refractivity contribution >= 4 is 12.0 Å². The third-order valence-electron chi connectivity index (χ3n) is 4.12. The van der Waals surface area contributed by atoms with E-state index in [0.717, 1.165) is 19.4 Å². The van der Waals surface area contributed by atoms with Gasteiger partial charge in [0, 0.05) is 19.7 Å². The molecular weight excluding hydrogens is 248 g/mol. The highest BCUT2D eigenvalue weighted by molar-refractivity contribution is 5.79. The molecule has 6 nitrogen and oxygen atoms in total. The molecule has 2 amide bonds. The monoisotopic (exact) mass is 270 g/mol. The number of hydrogen-bond acceptors (Lipinski definition) is 3. The molecule has 0 aromatic rings. The van der Waals surface area contributed by atoms with Gasteiger partial charge in [0.1, 0.15) is 0 Å². The van der Waals surface area contributed by atoms with E-state index in [1.807, 2.05) is 6.92 Å². The number of ether oxygens (including phenoxy) is 1. The van der Waals surface area contributed by atoms with Crippen LogP contribution in [0.1, 0.15) is 33.1 Å². The molecule has 0 saturated carbocycles. The molecule has 0 aliphatic carbocycles. The molecular formula is C13H22N2O4. The Kier molecular flexibility index (Phi) is 3.71. The predicted molar refractivity (Wildman–Crippen MR) is 68.9 cm³/mol. The summed E-state index contributed by atoms with van der Waals surface area (Å²) in [5.41, 5.74) is -1.15. The lowest BCUT2D eigenvalue weighted by atomic mass is 9.90. The van der Waals surface area contributed by atoms with Crippen LogP contribution in [-0.4, -0.2) is 53.8 Å². The van der Waals surface area contributed by atoms with E-state index in [9.17, 15) is 9.59 Å². The number of nitrogens with one attached hydrogen (secondary N) is 1. The lowest BCUT2D eigenvalue weighted by molar-refractivity contribution is -0.147. The van der Waals surface area contributed by atoms with Crippen LogP contribution >= 0.6 is 0 Å². The molecule has 2 aliphatic heterocycles. The quantitative estimate of drug-likeness (QED) is 0.786. The first-order valence-electron chi connectivity index (χ1n) is 6.73. The third-order valence-corrected chi connectivity index (χ3v) is 4.12. The zero-order valence-corrected chi connectivity index (χ0v) is 11.6. The number of amides is 2. The smallest absolute Gasteiger partial charge is 0.317 e. The fourth-order valence-electron chi connectivity index (χ4n) is 2.68. The number of nitrogens with zero attached hydrogens (tertiary/aromatic N) is 1. The second kappa shape index (κ2) is 5.00. The summed E-state index contributed by atoms with van der Waals surface area (Å²) in [5.74, 6) is -0.838. The molecule has 2 rings (SSSR count). The number of carbonyl (C=O) groups excluding carboxylic acids is 1. The molecule has 19 heavy (non-hydrogen) atoms. The van der Waals surface area contributed by atoms with E-state index in [2.05, 4.69) is 5.32 Å². The molecule has 0 bridgehead atoms. The van der Waals surface area contributed by atoms with Gasteiger partial charge in [-0.2, -0.15) is 0 Å². The maximum atomic E-state index is 12.2. The minimum atomic E-state index is -0.838. The third kappa shape index (κ3) is 3.00. The number of aliphatic carboxylic acids is 1. The van der Waals surface area contributed by atoms with Gasteiger partial charge in [-0.25, -0.2) is 4.79 Å². The minimum Gasteiger partial charge on any atom is -0.481 e. The van der Waals surface area contributed by atoms with Gasteiger partial charge < -0.3 is 20.1 Å². The van der Waals surface area contributed by atoms with Crippen LogP contribution in [0, 0.1) is 5.41 Å². The van der Waals surface area contributed by atoms with Crippen LogP contribution in [-0.2, 0) is 9.53 Å². The van der Waals surface area contributed by atoms with Crippen molar-refractivity contribution in [2.24, 2.45) is 5.41 Å². The van der Waals surface area contributed by atoms with E-state index < -0.39 is 11.4 Å². The van der Waals surface area contributed by atoms with Gasteiger partial charge in [-0.1, -0.05) is 0 Å². The van der Waals surface area contributed by atoms with Crippen molar-refractivity contribution in [2.45, 2.75) is 38.6 Å². The number of likely N-dealkylation sites (tertiary alicyclic amines) is 1. The van der Waals surface area contributed by atoms with Crippen molar-refractivity contribution in [2.75, 3.05) is 26.3 Å². The average Bonchev–Trinajstić information content (AvgIpc) is 2.74. The number of carboxylic acids is 1. The summed E-state index contributed by atoms with van der Waals surface area (Å²) in [6.07, 6.45) is 2.33. The van der Waals surface area contributed by atoms with Gasteiger partial charge in [0.2, 0.25) is 0 Å². The Morgan fingerprint density at radius 3 is 2.58 bits per heavy atom. The maximum absolute atomic E-state index is 12.2. The normalized spacial score (nSPS) is 35.2. The van der Waals surface area contributed by atoms with Crippen molar-refractivity contribution in [3.8, 4) is 0 Å². The average molecular weight is 270 g/mol. The molecule has 6 heteroatoms. The Morgan fingerprint density at radius 1 is 1.32 bits per heavy atom. The maximum Gasteiger partial charge on any atom is 0.317 e. The number of hydrogen-bond donors (Lipinski definition) is 2. The molecule has 2 heterocycles. The summed E-state index contributed by atoms with van der Waals surface area (Å²) < 4.78 is 5.40. The summed E-state index contributed by atoms with van der Waals surface area (Å²) in [6, 6.07) is -0.182. The zero-order chi connectivity index (χ0) is 14.1. The van der Waals surface area contributed by atoms with E-state index in [1.54, 1.807) is 11.8 Å². The summed E-state index contributed by atoms with van der Waals surface area (Å²) in [4.78, 5) is 25.0. The van der Waals surface area contributed by atoms with Crippen molar-refractivity contribution in [1.82, 2.24) is 10.2 Å². The summed E-state index contributed by atoms with van der Waals surface area (Å²) >= 11 is 0. The van der Waals surface area contributed by atoms with Gasteiger partial charge in [0.15, 0.2) is 0 Å². The molecule has 108 valence electrons. The Labute approximate surface area is 113 Å². The fraction of sp³-hybridized carbons (Fsp3) is 0.846. The van der Waals surface area contributed by atoms with Crippen LogP contribution in [0.15, 0.2) is 0 Å². The van der Waals surface area contributed by atoms with E-state index in [-0.39, 0.29) is 18.1 Å². The first-order valence-corrected chi connectivity index (χ1v) is 6.73. The second-order valence-electron chi connectivity index (χ2n) is 6.18. The number of carbonyl (C=O) groups is 2. The highest BCUT2D eigenvalue weighted by atomic mass is 16.5. The van der Waals surface area contributed by atoms with Gasteiger partial charge in [-0.05, 0) is 33.1 Å². The van der Waals surface area contributed by atoms with Gasteiger partial charge >= 0.3 is 12.0 Å². The lowest BCUT2D eigenvalue weighted by Crippen LogP contribution is -2.55. The molecule has 2 N–H and O–H groups in total. The highest BCUT2D eigenvalue weighted by Gasteiger charge is 2.43. The standard InChI is InChI=1S/C13H22N2O4/c1-12(10(16)17)5-6-15(8-12)11(18)14-13(2)4-3-7-19-9-13/h3-9H2,1-2H3,(H,14,18)(H,16,17). The van der Waals surface area contributed by atoms with Crippen molar-refractivity contribution < 1.29 is 19.4 Å². The Bertz CT molecular complexity index is 379. The first-order chi connectivity index (χ1) is 8.85. The number of rotatable bonds is 2. The first kappa shape index (κ1) is 14.1. The van der Waals surface area contributed by atoms with Crippen LogP contribution in [0.4, 0.5) is 4.79 Å². The van der Waals surface area contributed by atoms with Crippen LogP contribution < -0.4 is 5.32 Å². The van der Waals surface area contributed by atoms with Crippen LogP contribution in [0.2, 0.25) is 0 Å². The summed E-state index contributed by atoms with van der Waals surface area (Å²) in [7, 11) is 0. The fourth-order valence-corrected chi connectivity index (χ4v) is 2.68. The van der Waals surface area contributed by atoms with E-state index in [4.69, 9.17) is 9.84 Å². The molecule has 0 aromatic carbocycles. The highest BCUT2D eigenvalue weighted by Crippen LogP contribution is 2.30. The largest absolute Gasteiger partial charge is 0.481 e. The Balaban J connectivity index is 1.93. The van der Waals surface area contributed by atoms with Crippen molar-refractivity contribution in [1.29, 1.82) is 0 Å². The zero-order valence-electron chi connectivity index (χ0n) is 11.6. The minimum absolute atomic E-state index is 0.182. The molecule has 2 atom stereocenters. The SMILES string of the molecule is CC1(NC(=O)N2CCC(C)(C(=O)O)C2)CCCOC1. The molecule has 2 aliphatic rings. The molecule has 0 aromatic heterocycles. The summed E-state index contributed by atoms with van der Waals surface area (Å²) in [5, 5.41) is 12.1. The Morgan fingerprint density at radius 2 is 2.05 bits per heavy atom. The molecule has 2 fully saturated rings. The lowest BCUT2D eigenvalue weighted by Gasteiger charge is -2.35. The molecule has 0 radical (unpaired) electrons. The van der Waals surface area contributed by atoms with Gasteiger partial charge in [-0.15, -0.1) is 0 Å². The van der Waals surface area contributed by atoms with E-state index in [1.165, 1.54) is 0 Å². The molecule has 0 spiro atoms. The van der Waals surface area contributed by atoms with Gasteiger partial charge in [0.05, 0.1) is 17.6 Å². The van der Waals surface area contributed by atoms with Crippen LogP contribution in [0.3, 0.4) is 0 Å². The number of urea groups is 1. The summed E-state index contributed by atoms with van der Waals surface area (Å²) in [6.45, 7) is 5.68. The van der Waals surface area contributed by atoms with Gasteiger partial charge in [0.25, 0.3) is 0 Å². The van der Waals surface area contributed by atoms with Crippen LogP contribution in [0.25, 0.3) is 0 Å².